The summed E-state index contributed by atoms with van der Waals surface area (Å²) in [4.78, 5) is 11.2. The van der Waals surface area contributed by atoms with Crippen molar-refractivity contribution in [2.75, 3.05) is 0 Å². The number of rotatable bonds is 0. The summed E-state index contributed by atoms with van der Waals surface area (Å²) in [6.07, 6.45) is 0. The second-order valence-electron chi connectivity index (χ2n) is 7.46. The van der Waals surface area contributed by atoms with Crippen LogP contribution in [-0.2, 0) is 0 Å². The molecule has 0 heterocycles. The third-order valence-electron chi connectivity index (χ3n) is 3.26. The van der Waals surface area contributed by atoms with Gasteiger partial charge in [0.15, 0.2) is 0 Å². The third-order valence-corrected chi connectivity index (χ3v) is 9.77. The second kappa shape index (κ2) is 4.57. The van der Waals surface area contributed by atoms with Gasteiger partial charge in [-0.15, -0.1) is 0 Å². The van der Waals surface area contributed by atoms with E-state index in [9.17, 15) is 4.80 Å². The Bertz CT molecular complexity index is 174. The Hall–Kier alpha value is 0.774. The van der Waals surface area contributed by atoms with E-state index in [2.05, 4.69) is 62.3 Å². The predicted octanol–water partition coefficient (Wildman–Crippen LogP) is 1.44. The molecule has 1 N–H and O–H groups in total. The molecule has 0 unspecified atom stereocenters. The van der Waals surface area contributed by atoms with E-state index in [1.54, 1.807) is 0 Å². The van der Waals surface area contributed by atoms with Crippen molar-refractivity contribution in [3.05, 3.63) is 0 Å². The van der Waals surface area contributed by atoms with Gasteiger partial charge >= 0.3 is 18.9 Å². The SMILES string of the molecule is CC(C)(C)[Si](O)(C(C)(C)C)C(C)(C)C.[H-].[Li+]. The van der Waals surface area contributed by atoms with Crippen molar-refractivity contribution >= 4 is 8.32 Å². The molecular weight excluding hydrogens is 195 g/mol. The van der Waals surface area contributed by atoms with Gasteiger partial charge in [0.1, 0.15) is 0 Å². The Morgan fingerprint density at radius 1 is 0.667 bits per heavy atom. The van der Waals surface area contributed by atoms with Gasteiger partial charge in [0.25, 0.3) is 0 Å². The summed E-state index contributed by atoms with van der Waals surface area (Å²) in [6, 6.07) is 0. The van der Waals surface area contributed by atoms with Gasteiger partial charge < -0.3 is 6.22 Å². The minimum Gasteiger partial charge on any atom is -1.00 e. The van der Waals surface area contributed by atoms with E-state index in [4.69, 9.17) is 0 Å². The van der Waals surface area contributed by atoms with E-state index in [-0.39, 0.29) is 35.4 Å². The van der Waals surface area contributed by atoms with Crippen LogP contribution in [0.4, 0.5) is 0 Å². The molecule has 88 valence electrons. The van der Waals surface area contributed by atoms with E-state index >= 15 is 0 Å². The summed E-state index contributed by atoms with van der Waals surface area (Å²) < 4.78 is 0. The van der Waals surface area contributed by atoms with Crippen molar-refractivity contribution in [2.45, 2.75) is 77.4 Å². The second-order valence-corrected chi connectivity index (χ2v) is 13.4. The molecule has 15 heavy (non-hydrogen) atoms. The van der Waals surface area contributed by atoms with Crippen LogP contribution in [-0.4, -0.2) is 13.1 Å². The fourth-order valence-electron chi connectivity index (χ4n) is 3.38. The Kier molecular flexibility index (Phi) is 5.53. The maximum absolute atomic E-state index is 11.2. The predicted molar refractivity (Wildman–Crippen MR) is 68.2 cm³/mol. The minimum atomic E-state index is -2.35. The normalized spacial score (nSPS) is 14.8. The average molecular weight is 224 g/mol. The molecule has 1 nitrogen and oxygen atoms in total. The summed E-state index contributed by atoms with van der Waals surface area (Å²) in [5, 5.41) is 0.0521. The summed E-state index contributed by atoms with van der Waals surface area (Å²) >= 11 is 0. The standard InChI is InChI=1S/C12H28OSi.Li.H/c1-10(2,3)14(13,11(4,5)6)12(7,8)9;;/h13H,1-9H3;;/q;+1;-1. The van der Waals surface area contributed by atoms with Crippen LogP contribution < -0.4 is 18.9 Å². The van der Waals surface area contributed by atoms with Crippen LogP contribution >= 0.6 is 0 Å². The van der Waals surface area contributed by atoms with E-state index in [1.165, 1.54) is 0 Å². The minimum absolute atomic E-state index is 0. The largest absolute Gasteiger partial charge is 1.00 e. The monoisotopic (exact) mass is 224 g/mol. The first kappa shape index (κ1) is 18.1. The maximum Gasteiger partial charge on any atom is 1.00 e. The Morgan fingerprint density at radius 3 is 0.800 bits per heavy atom. The van der Waals surface area contributed by atoms with Crippen LogP contribution in [0, 0.1) is 0 Å². The first-order valence-electron chi connectivity index (χ1n) is 5.47. The topological polar surface area (TPSA) is 20.2 Å². The number of hydrogen-bond acceptors (Lipinski definition) is 1. The van der Waals surface area contributed by atoms with Gasteiger partial charge in [-0.3, -0.25) is 0 Å². The fourth-order valence-corrected chi connectivity index (χ4v) is 10.1. The number of hydrogen-bond donors (Lipinski definition) is 1. The van der Waals surface area contributed by atoms with Gasteiger partial charge in [-0.25, -0.2) is 0 Å². The van der Waals surface area contributed by atoms with Crippen molar-refractivity contribution in [1.29, 1.82) is 0 Å². The average Bonchev–Trinajstić information content (AvgIpc) is 1.77. The summed E-state index contributed by atoms with van der Waals surface area (Å²) in [6.45, 7) is 19.6. The summed E-state index contributed by atoms with van der Waals surface area (Å²) in [5.41, 5.74) is 0. The van der Waals surface area contributed by atoms with Crippen molar-refractivity contribution in [2.24, 2.45) is 0 Å². The molecule has 0 aliphatic carbocycles. The molecule has 3 heteroatoms. The molecule has 0 rings (SSSR count). The first-order valence-corrected chi connectivity index (χ1v) is 7.42. The van der Waals surface area contributed by atoms with Crippen molar-refractivity contribution < 1.29 is 25.1 Å². The van der Waals surface area contributed by atoms with E-state index in [1.807, 2.05) is 0 Å². The molecule has 0 aromatic rings. The zero-order valence-corrected chi connectivity index (χ0v) is 13.4. The van der Waals surface area contributed by atoms with E-state index < -0.39 is 8.32 Å². The van der Waals surface area contributed by atoms with Gasteiger partial charge in [-0.2, -0.15) is 0 Å². The van der Waals surface area contributed by atoms with Crippen LogP contribution in [0.1, 0.15) is 63.7 Å². The third kappa shape index (κ3) is 3.13. The quantitative estimate of drug-likeness (QED) is 0.617. The molecule has 0 bridgehead atoms. The molecule has 0 saturated heterocycles. The zero-order chi connectivity index (χ0) is 12.0. The molecule has 0 amide bonds. The van der Waals surface area contributed by atoms with Gasteiger partial charge in [0.05, 0.1) is 0 Å². The molecule has 0 radical (unpaired) electrons. The van der Waals surface area contributed by atoms with Gasteiger partial charge in [-0.1, -0.05) is 62.3 Å². The molecule has 0 aromatic carbocycles. The van der Waals surface area contributed by atoms with E-state index in [0.717, 1.165) is 0 Å². The van der Waals surface area contributed by atoms with Gasteiger partial charge in [0.2, 0.25) is 8.32 Å². The Morgan fingerprint density at radius 2 is 0.800 bits per heavy atom. The zero-order valence-electron chi connectivity index (χ0n) is 13.4. The van der Waals surface area contributed by atoms with Crippen LogP contribution in [0.15, 0.2) is 0 Å². The van der Waals surface area contributed by atoms with Crippen LogP contribution in [0.2, 0.25) is 15.1 Å². The molecular formula is C12H29LiOSi. The molecule has 0 aliphatic heterocycles. The molecule has 0 spiro atoms. The molecule has 0 aromatic heterocycles. The smallest absolute Gasteiger partial charge is 1.00 e. The van der Waals surface area contributed by atoms with Gasteiger partial charge in [0, 0.05) is 0 Å². The van der Waals surface area contributed by atoms with Crippen molar-refractivity contribution in [3.63, 3.8) is 0 Å². The fraction of sp³-hybridized carbons (Fsp3) is 1.00. The van der Waals surface area contributed by atoms with Crippen LogP contribution in [0.25, 0.3) is 0 Å². The van der Waals surface area contributed by atoms with Crippen molar-refractivity contribution in [3.8, 4) is 0 Å². The summed E-state index contributed by atoms with van der Waals surface area (Å²) in [7, 11) is -2.35. The summed E-state index contributed by atoms with van der Waals surface area (Å²) in [5.74, 6) is 0. The molecule has 0 saturated carbocycles. The van der Waals surface area contributed by atoms with E-state index in [0.29, 0.717) is 0 Å². The Balaban J connectivity index is -0.000000845. The first-order chi connectivity index (χ1) is 5.75. The van der Waals surface area contributed by atoms with Crippen LogP contribution in [0.5, 0.6) is 0 Å². The molecule has 0 fully saturated rings. The van der Waals surface area contributed by atoms with Crippen LogP contribution in [0.3, 0.4) is 0 Å². The van der Waals surface area contributed by atoms with Crippen molar-refractivity contribution in [1.82, 2.24) is 0 Å². The molecule has 0 atom stereocenters. The van der Waals surface area contributed by atoms with Gasteiger partial charge in [-0.05, 0) is 15.1 Å². The Labute approximate surface area is 111 Å². The maximum atomic E-state index is 11.2. The molecule has 0 aliphatic rings.